The molecule has 0 aromatic heterocycles. The Bertz CT molecular complexity index is 734. The van der Waals surface area contributed by atoms with Crippen LogP contribution in [0, 0.1) is 0 Å². The van der Waals surface area contributed by atoms with E-state index in [-0.39, 0.29) is 23.8 Å². The number of imide groups is 1. The van der Waals surface area contributed by atoms with E-state index in [0.717, 1.165) is 23.4 Å². The minimum atomic E-state index is -0.291. The van der Waals surface area contributed by atoms with Gasteiger partial charge in [-0.3, -0.25) is 19.3 Å². The Hall–Kier alpha value is -2.41. The van der Waals surface area contributed by atoms with Crippen molar-refractivity contribution in [2.75, 3.05) is 44.7 Å². The van der Waals surface area contributed by atoms with E-state index in [9.17, 15) is 14.4 Å². The number of hydrogen-bond acceptors (Lipinski definition) is 5. The molecule has 132 valence electrons. The molecule has 0 spiro atoms. The molecule has 0 radical (unpaired) electrons. The zero-order valence-electron chi connectivity index (χ0n) is 14.2. The number of fused-ring (bicyclic) bond motifs is 1. The molecular weight excluding hydrogens is 322 g/mol. The lowest BCUT2D eigenvalue weighted by Gasteiger charge is -2.37. The Balaban J connectivity index is 1.50. The molecule has 3 aliphatic heterocycles. The van der Waals surface area contributed by atoms with Crippen molar-refractivity contribution in [3.8, 4) is 0 Å². The Labute approximate surface area is 146 Å². The fraction of sp³-hybridized carbons (Fsp3) is 0.500. The first kappa shape index (κ1) is 16.1. The molecule has 25 heavy (non-hydrogen) atoms. The summed E-state index contributed by atoms with van der Waals surface area (Å²) in [4.78, 5) is 42.1. The summed E-state index contributed by atoms with van der Waals surface area (Å²) in [6.45, 7) is 3.14. The van der Waals surface area contributed by atoms with Crippen LogP contribution in [0.15, 0.2) is 18.2 Å². The van der Waals surface area contributed by atoms with Crippen LogP contribution in [0.4, 0.5) is 5.69 Å². The molecule has 4 rings (SSSR count). The number of benzene rings is 1. The van der Waals surface area contributed by atoms with Crippen molar-refractivity contribution in [3.63, 3.8) is 0 Å². The van der Waals surface area contributed by atoms with Gasteiger partial charge < -0.3 is 14.5 Å². The molecule has 1 atom stereocenters. The Morgan fingerprint density at radius 2 is 1.88 bits per heavy atom. The zero-order chi connectivity index (χ0) is 17.6. The summed E-state index contributed by atoms with van der Waals surface area (Å²) in [5.74, 6) is -0.441. The second kappa shape index (κ2) is 6.15. The number of amides is 3. The summed E-state index contributed by atoms with van der Waals surface area (Å²) < 4.78 is 5.49. The molecule has 3 heterocycles. The van der Waals surface area contributed by atoms with E-state index in [1.165, 1.54) is 7.05 Å². The average Bonchev–Trinajstić information content (AvgIpc) is 3.26. The van der Waals surface area contributed by atoms with Crippen LogP contribution >= 0.6 is 0 Å². The summed E-state index contributed by atoms with van der Waals surface area (Å²) in [5, 5.41) is 0. The number of anilines is 1. The van der Waals surface area contributed by atoms with E-state index in [1.54, 1.807) is 6.07 Å². The average molecular weight is 343 g/mol. The van der Waals surface area contributed by atoms with Gasteiger partial charge in [0.05, 0.1) is 16.8 Å². The summed E-state index contributed by atoms with van der Waals surface area (Å²) in [6.07, 6.45) is 1.45. The number of hydrogen-bond donors (Lipinski definition) is 0. The van der Waals surface area contributed by atoms with Gasteiger partial charge in [-0.2, -0.15) is 0 Å². The van der Waals surface area contributed by atoms with Crippen LogP contribution in [0.25, 0.3) is 0 Å². The van der Waals surface area contributed by atoms with Crippen LogP contribution in [-0.4, -0.2) is 73.5 Å². The molecule has 1 aromatic carbocycles. The monoisotopic (exact) mass is 343 g/mol. The maximum atomic E-state index is 12.4. The number of rotatable bonds is 2. The summed E-state index contributed by atoms with van der Waals surface area (Å²) in [6, 6.07) is 5.38. The third-order valence-corrected chi connectivity index (χ3v) is 5.23. The van der Waals surface area contributed by atoms with Crippen molar-refractivity contribution in [2.45, 2.75) is 18.9 Å². The van der Waals surface area contributed by atoms with Crippen molar-refractivity contribution in [1.29, 1.82) is 0 Å². The van der Waals surface area contributed by atoms with E-state index < -0.39 is 0 Å². The quantitative estimate of drug-likeness (QED) is 0.741. The molecule has 7 heteroatoms. The fourth-order valence-corrected chi connectivity index (χ4v) is 3.79. The molecule has 0 N–H and O–H groups in total. The van der Waals surface area contributed by atoms with Crippen LogP contribution < -0.4 is 4.90 Å². The summed E-state index contributed by atoms with van der Waals surface area (Å²) in [5.41, 5.74) is 1.72. The molecule has 7 nitrogen and oxygen atoms in total. The van der Waals surface area contributed by atoms with Gasteiger partial charge in [0.25, 0.3) is 17.7 Å². The molecule has 0 aliphatic carbocycles. The lowest BCUT2D eigenvalue weighted by Crippen LogP contribution is -2.51. The first-order valence-corrected chi connectivity index (χ1v) is 8.68. The topological polar surface area (TPSA) is 70.2 Å². The number of ether oxygens (including phenoxy) is 1. The molecule has 3 aliphatic rings. The van der Waals surface area contributed by atoms with Crippen LogP contribution in [0.1, 0.15) is 33.6 Å². The highest BCUT2D eigenvalue weighted by Gasteiger charge is 2.37. The Morgan fingerprint density at radius 3 is 2.56 bits per heavy atom. The lowest BCUT2D eigenvalue weighted by atomic mass is 10.1. The largest absolute Gasteiger partial charge is 0.368 e. The number of carbonyl (C=O) groups excluding carboxylic acids is 3. The van der Waals surface area contributed by atoms with Crippen LogP contribution in [0.3, 0.4) is 0 Å². The maximum absolute atomic E-state index is 12.4. The van der Waals surface area contributed by atoms with Gasteiger partial charge >= 0.3 is 0 Å². The van der Waals surface area contributed by atoms with Gasteiger partial charge in [-0.15, -0.1) is 0 Å². The number of piperazine rings is 1. The van der Waals surface area contributed by atoms with Crippen LogP contribution in [-0.2, 0) is 9.53 Å². The normalized spacial score (nSPS) is 23.4. The molecule has 0 saturated carbocycles. The third kappa shape index (κ3) is 2.59. The molecule has 2 saturated heterocycles. The number of carbonyl (C=O) groups is 3. The Kier molecular flexibility index (Phi) is 3.95. The van der Waals surface area contributed by atoms with Crippen molar-refractivity contribution in [2.24, 2.45) is 0 Å². The fourth-order valence-electron chi connectivity index (χ4n) is 3.79. The van der Waals surface area contributed by atoms with E-state index in [4.69, 9.17) is 4.74 Å². The van der Waals surface area contributed by atoms with Gasteiger partial charge in [-0.25, -0.2) is 0 Å². The van der Waals surface area contributed by atoms with Gasteiger partial charge in [-0.1, -0.05) is 6.07 Å². The second-order valence-corrected chi connectivity index (χ2v) is 6.68. The molecule has 1 aromatic rings. The molecular formula is C18H21N3O4. The smallest absolute Gasteiger partial charge is 0.263 e. The molecule has 0 bridgehead atoms. The van der Waals surface area contributed by atoms with E-state index in [2.05, 4.69) is 4.90 Å². The zero-order valence-corrected chi connectivity index (χ0v) is 14.2. The van der Waals surface area contributed by atoms with Gasteiger partial charge in [-0.05, 0) is 25.0 Å². The molecule has 2 fully saturated rings. The predicted molar refractivity (Wildman–Crippen MR) is 90.6 cm³/mol. The van der Waals surface area contributed by atoms with E-state index in [0.29, 0.717) is 43.9 Å². The lowest BCUT2D eigenvalue weighted by molar-refractivity contribution is -0.141. The molecule has 3 amide bonds. The first-order chi connectivity index (χ1) is 12.1. The minimum absolute atomic E-state index is 0.0708. The third-order valence-electron chi connectivity index (χ3n) is 5.23. The van der Waals surface area contributed by atoms with Gasteiger partial charge in [0.15, 0.2) is 0 Å². The minimum Gasteiger partial charge on any atom is -0.368 e. The maximum Gasteiger partial charge on any atom is 0.263 e. The van der Waals surface area contributed by atoms with Gasteiger partial charge in [0.1, 0.15) is 6.10 Å². The van der Waals surface area contributed by atoms with Crippen LogP contribution in [0.2, 0.25) is 0 Å². The number of nitrogens with zero attached hydrogens (tertiary/aromatic N) is 3. The highest BCUT2D eigenvalue weighted by molar-refractivity contribution is 6.23. The van der Waals surface area contributed by atoms with Gasteiger partial charge in [0.2, 0.25) is 0 Å². The summed E-state index contributed by atoms with van der Waals surface area (Å²) in [7, 11) is 1.51. The summed E-state index contributed by atoms with van der Waals surface area (Å²) >= 11 is 0. The highest BCUT2D eigenvalue weighted by atomic mass is 16.5. The van der Waals surface area contributed by atoms with Crippen molar-refractivity contribution < 1.29 is 19.1 Å². The highest BCUT2D eigenvalue weighted by Crippen LogP contribution is 2.31. The first-order valence-electron chi connectivity index (χ1n) is 8.68. The predicted octanol–water partition coefficient (Wildman–Crippen LogP) is 0.740. The van der Waals surface area contributed by atoms with Crippen molar-refractivity contribution >= 4 is 23.4 Å². The van der Waals surface area contributed by atoms with Gasteiger partial charge in [0, 0.05) is 39.8 Å². The standard InChI is InChI=1S/C18H21N3O4/c1-19-16(22)12-4-2-5-13(15(12)18(19)24)20-7-9-21(10-8-20)17(23)14-6-3-11-25-14/h2,4-5,14H,3,6-11H2,1H3/t14-/m0/s1. The van der Waals surface area contributed by atoms with E-state index in [1.807, 2.05) is 17.0 Å². The van der Waals surface area contributed by atoms with Crippen molar-refractivity contribution in [3.05, 3.63) is 29.3 Å². The van der Waals surface area contributed by atoms with Crippen LogP contribution in [0.5, 0.6) is 0 Å². The molecule has 0 unspecified atom stereocenters. The SMILES string of the molecule is CN1C(=O)c2cccc(N3CCN(C(=O)[C@@H]4CCCO4)CC3)c2C1=O. The second-order valence-electron chi connectivity index (χ2n) is 6.68. The van der Waals surface area contributed by atoms with E-state index >= 15 is 0 Å². The Morgan fingerprint density at radius 1 is 1.12 bits per heavy atom. The van der Waals surface area contributed by atoms with Crippen molar-refractivity contribution in [1.82, 2.24) is 9.80 Å².